The Hall–Kier alpha value is -2.15. The van der Waals surface area contributed by atoms with E-state index in [0.29, 0.717) is 24.8 Å². The van der Waals surface area contributed by atoms with Crippen molar-refractivity contribution in [3.8, 4) is 0 Å². The van der Waals surface area contributed by atoms with E-state index in [1.54, 1.807) is 12.1 Å². The lowest BCUT2D eigenvalue weighted by molar-refractivity contribution is -0.384. The maximum absolute atomic E-state index is 12.5. The number of piperidine rings is 2. The molecule has 1 aromatic carbocycles. The molecule has 28 heavy (non-hydrogen) atoms. The number of rotatable bonds is 7. The van der Waals surface area contributed by atoms with E-state index in [1.165, 1.54) is 31.9 Å². The number of para-hydroxylation sites is 2. The van der Waals surface area contributed by atoms with Gasteiger partial charge in [-0.25, -0.2) is 0 Å². The molecule has 1 atom stereocenters. The Balaban J connectivity index is 1.40. The average Bonchev–Trinajstić information content (AvgIpc) is 2.72. The summed E-state index contributed by atoms with van der Waals surface area (Å²) in [5.41, 5.74) is 0.791. The first-order chi connectivity index (χ1) is 13.6. The minimum atomic E-state index is -0.336. The molecule has 0 radical (unpaired) electrons. The van der Waals surface area contributed by atoms with Crippen LogP contribution in [0.3, 0.4) is 0 Å². The van der Waals surface area contributed by atoms with Crippen molar-refractivity contribution in [1.82, 2.24) is 10.2 Å². The van der Waals surface area contributed by atoms with Crippen LogP contribution in [-0.4, -0.2) is 54.5 Å². The van der Waals surface area contributed by atoms with Crippen molar-refractivity contribution in [1.29, 1.82) is 0 Å². The lowest BCUT2D eigenvalue weighted by Crippen LogP contribution is -2.42. The monoisotopic (exact) mass is 388 g/mol. The van der Waals surface area contributed by atoms with Crippen molar-refractivity contribution >= 4 is 17.3 Å². The number of likely N-dealkylation sites (tertiary alicyclic amines) is 1. The molecule has 7 nitrogen and oxygen atoms in total. The number of benzene rings is 1. The standard InChI is InChI=1S/C21H32N4O3/c1-17-7-4-5-13-23(17)14-6-12-22-21(26)18-10-15-24(16-11-18)19-8-2-3-9-20(19)25(27)28/h2-3,8-9,17-18H,4-7,10-16H2,1H3,(H,22,26)/t17-/m0/s1. The summed E-state index contributed by atoms with van der Waals surface area (Å²) in [6.45, 7) is 6.61. The second-order valence-electron chi connectivity index (χ2n) is 8.03. The molecule has 1 N–H and O–H groups in total. The van der Waals surface area contributed by atoms with Gasteiger partial charge in [0.2, 0.25) is 5.91 Å². The normalized spacial score (nSPS) is 21.5. The second kappa shape index (κ2) is 9.87. The minimum Gasteiger partial charge on any atom is -0.366 e. The first-order valence-corrected chi connectivity index (χ1v) is 10.6. The van der Waals surface area contributed by atoms with Crippen molar-refractivity contribution < 1.29 is 9.72 Å². The summed E-state index contributed by atoms with van der Waals surface area (Å²) >= 11 is 0. The molecule has 0 saturated carbocycles. The second-order valence-corrected chi connectivity index (χ2v) is 8.03. The summed E-state index contributed by atoms with van der Waals surface area (Å²) in [5.74, 6) is 0.141. The van der Waals surface area contributed by atoms with Gasteiger partial charge in [0.15, 0.2) is 0 Å². The van der Waals surface area contributed by atoms with E-state index in [0.717, 1.165) is 32.4 Å². The highest BCUT2D eigenvalue weighted by molar-refractivity contribution is 5.79. The summed E-state index contributed by atoms with van der Waals surface area (Å²) in [6.07, 6.45) is 6.37. The molecule has 2 aliphatic rings. The highest BCUT2D eigenvalue weighted by atomic mass is 16.6. The fraction of sp³-hybridized carbons (Fsp3) is 0.667. The lowest BCUT2D eigenvalue weighted by atomic mass is 9.95. The molecule has 1 amide bonds. The van der Waals surface area contributed by atoms with Crippen LogP contribution in [-0.2, 0) is 4.79 Å². The van der Waals surface area contributed by atoms with Crippen LogP contribution in [0.2, 0.25) is 0 Å². The Morgan fingerprint density at radius 2 is 1.93 bits per heavy atom. The molecule has 0 spiro atoms. The number of hydrogen-bond acceptors (Lipinski definition) is 5. The van der Waals surface area contributed by atoms with Crippen molar-refractivity contribution in [2.75, 3.05) is 37.6 Å². The van der Waals surface area contributed by atoms with E-state index in [4.69, 9.17) is 0 Å². The number of hydrogen-bond donors (Lipinski definition) is 1. The largest absolute Gasteiger partial charge is 0.366 e. The molecular formula is C21H32N4O3. The number of nitrogens with zero attached hydrogens (tertiary/aromatic N) is 3. The molecule has 0 aromatic heterocycles. The number of anilines is 1. The van der Waals surface area contributed by atoms with Crippen molar-refractivity contribution in [2.45, 2.75) is 51.5 Å². The lowest BCUT2D eigenvalue weighted by Gasteiger charge is -2.33. The third kappa shape index (κ3) is 5.22. The first kappa shape index (κ1) is 20.6. The maximum Gasteiger partial charge on any atom is 0.292 e. The van der Waals surface area contributed by atoms with Gasteiger partial charge in [0, 0.05) is 44.2 Å². The third-order valence-electron chi connectivity index (χ3n) is 6.15. The van der Waals surface area contributed by atoms with E-state index >= 15 is 0 Å². The Kier molecular flexibility index (Phi) is 7.25. The van der Waals surface area contributed by atoms with Gasteiger partial charge in [-0.2, -0.15) is 0 Å². The smallest absolute Gasteiger partial charge is 0.292 e. The molecular weight excluding hydrogens is 356 g/mol. The van der Waals surface area contributed by atoms with E-state index in [9.17, 15) is 14.9 Å². The molecule has 3 rings (SSSR count). The van der Waals surface area contributed by atoms with Crippen LogP contribution in [0.1, 0.15) is 45.4 Å². The molecule has 2 saturated heterocycles. The Bertz CT molecular complexity index is 673. The SMILES string of the molecule is C[C@H]1CCCCN1CCCNC(=O)C1CCN(c2ccccc2[N+](=O)[O-])CC1. The van der Waals surface area contributed by atoms with Crippen LogP contribution in [0.4, 0.5) is 11.4 Å². The summed E-state index contributed by atoms with van der Waals surface area (Å²) in [4.78, 5) is 27.9. The molecule has 0 unspecified atom stereocenters. The van der Waals surface area contributed by atoms with Gasteiger partial charge in [0.05, 0.1) is 4.92 Å². The zero-order valence-electron chi connectivity index (χ0n) is 16.8. The van der Waals surface area contributed by atoms with Crippen molar-refractivity contribution in [3.63, 3.8) is 0 Å². The van der Waals surface area contributed by atoms with Gasteiger partial charge in [-0.1, -0.05) is 18.6 Å². The number of nitro groups is 1. The summed E-state index contributed by atoms with van der Waals surface area (Å²) in [6, 6.07) is 7.50. The predicted molar refractivity (Wildman–Crippen MR) is 111 cm³/mol. The topological polar surface area (TPSA) is 78.7 Å². The highest BCUT2D eigenvalue weighted by Crippen LogP contribution is 2.31. The van der Waals surface area contributed by atoms with Crippen molar-refractivity contribution in [3.05, 3.63) is 34.4 Å². The molecule has 1 aromatic rings. The predicted octanol–water partition coefficient (Wildman–Crippen LogP) is 3.19. The Morgan fingerprint density at radius 1 is 1.18 bits per heavy atom. The fourth-order valence-electron chi connectivity index (χ4n) is 4.40. The molecule has 2 fully saturated rings. The fourth-order valence-corrected chi connectivity index (χ4v) is 4.40. The van der Waals surface area contributed by atoms with Crippen LogP contribution in [0.25, 0.3) is 0 Å². The number of carbonyl (C=O) groups is 1. The van der Waals surface area contributed by atoms with Gasteiger partial charge in [-0.3, -0.25) is 14.9 Å². The first-order valence-electron chi connectivity index (χ1n) is 10.6. The van der Waals surface area contributed by atoms with Crippen LogP contribution >= 0.6 is 0 Å². The minimum absolute atomic E-state index is 0.00734. The quantitative estimate of drug-likeness (QED) is 0.441. The van der Waals surface area contributed by atoms with Gasteiger partial charge in [0.25, 0.3) is 5.69 Å². The van der Waals surface area contributed by atoms with Crippen molar-refractivity contribution in [2.24, 2.45) is 5.92 Å². The van der Waals surface area contributed by atoms with E-state index < -0.39 is 0 Å². The van der Waals surface area contributed by atoms with Gasteiger partial charge in [0.1, 0.15) is 5.69 Å². The molecule has 154 valence electrons. The van der Waals surface area contributed by atoms with Crippen LogP contribution in [0.5, 0.6) is 0 Å². The number of carbonyl (C=O) groups excluding carboxylic acids is 1. The van der Waals surface area contributed by atoms with E-state index in [1.807, 2.05) is 11.0 Å². The number of nitro benzene ring substituents is 1. The van der Waals surface area contributed by atoms with Gasteiger partial charge < -0.3 is 15.1 Å². The number of nitrogens with one attached hydrogen (secondary N) is 1. The third-order valence-corrected chi connectivity index (χ3v) is 6.15. The average molecular weight is 389 g/mol. The zero-order chi connectivity index (χ0) is 19.9. The summed E-state index contributed by atoms with van der Waals surface area (Å²) < 4.78 is 0. The summed E-state index contributed by atoms with van der Waals surface area (Å²) in [5, 5.41) is 14.3. The number of amides is 1. The molecule has 2 aliphatic heterocycles. The molecule has 7 heteroatoms. The maximum atomic E-state index is 12.5. The van der Waals surface area contributed by atoms with Crippen LogP contribution in [0.15, 0.2) is 24.3 Å². The zero-order valence-corrected chi connectivity index (χ0v) is 16.8. The molecule has 0 aliphatic carbocycles. The van der Waals surface area contributed by atoms with E-state index in [2.05, 4.69) is 17.1 Å². The van der Waals surface area contributed by atoms with Crippen LogP contribution in [0, 0.1) is 16.0 Å². The van der Waals surface area contributed by atoms with E-state index in [-0.39, 0.29) is 22.4 Å². The van der Waals surface area contributed by atoms with Gasteiger partial charge >= 0.3 is 0 Å². The molecule has 2 heterocycles. The highest BCUT2D eigenvalue weighted by Gasteiger charge is 2.28. The van der Waals surface area contributed by atoms with Gasteiger partial charge in [-0.05, 0) is 51.6 Å². The van der Waals surface area contributed by atoms with Gasteiger partial charge in [-0.15, -0.1) is 0 Å². The molecule has 0 bridgehead atoms. The Morgan fingerprint density at radius 3 is 2.64 bits per heavy atom. The Labute approximate surface area is 167 Å². The summed E-state index contributed by atoms with van der Waals surface area (Å²) in [7, 11) is 0. The van der Waals surface area contributed by atoms with Crippen LogP contribution < -0.4 is 10.2 Å².